The Balaban J connectivity index is 2.19. The summed E-state index contributed by atoms with van der Waals surface area (Å²) >= 11 is 1.42. The second kappa shape index (κ2) is 6.25. The summed E-state index contributed by atoms with van der Waals surface area (Å²) in [6, 6.07) is 6.95. The highest BCUT2D eigenvalue weighted by atomic mass is 32.2. The van der Waals surface area contributed by atoms with Crippen molar-refractivity contribution < 1.29 is 8.42 Å². The van der Waals surface area contributed by atoms with Crippen LogP contribution in [0, 0.1) is 0 Å². The zero-order valence-corrected chi connectivity index (χ0v) is 12.1. The molecule has 7 heteroatoms. The minimum atomic E-state index is -3.51. The SMILES string of the molecule is CNCc1ccccc1S(=O)(=O)NCc1nccs1. The van der Waals surface area contributed by atoms with E-state index in [9.17, 15) is 8.42 Å². The minimum Gasteiger partial charge on any atom is -0.316 e. The molecule has 0 radical (unpaired) electrons. The summed E-state index contributed by atoms with van der Waals surface area (Å²) in [6.07, 6.45) is 1.66. The van der Waals surface area contributed by atoms with Crippen LogP contribution >= 0.6 is 11.3 Å². The Morgan fingerprint density at radius 3 is 2.74 bits per heavy atom. The topological polar surface area (TPSA) is 71.1 Å². The third-order valence-electron chi connectivity index (χ3n) is 2.53. The third-order valence-corrected chi connectivity index (χ3v) is 4.81. The van der Waals surface area contributed by atoms with Crippen molar-refractivity contribution in [3.8, 4) is 0 Å². The number of nitrogens with zero attached hydrogens (tertiary/aromatic N) is 1. The summed E-state index contributed by atoms with van der Waals surface area (Å²) in [5.74, 6) is 0. The molecule has 0 bridgehead atoms. The maximum absolute atomic E-state index is 12.3. The molecule has 0 atom stereocenters. The molecule has 0 saturated carbocycles. The number of benzene rings is 1. The van der Waals surface area contributed by atoms with Crippen molar-refractivity contribution >= 4 is 21.4 Å². The Labute approximate surface area is 116 Å². The van der Waals surface area contributed by atoms with Crippen molar-refractivity contribution in [2.75, 3.05) is 7.05 Å². The van der Waals surface area contributed by atoms with Crippen LogP contribution < -0.4 is 10.0 Å². The molecule has 1 aromatic carbocycles. The molecule has 1 heterocycles. The molecule has 0 aliphatic rings. The van der Waals surface area contributed by atoms with Gasteiger partial charge >= 0.3 is 0 Å². The van der Waals surface area contributed by atoms with Crippen molar-refractivity contribution in [3.05, 3.63) is 46.4 Å². The molecule has 2 rings (SSSR count). The van der Waals surface area contributed by atoms with Gasteiger partial charge in [-0.05, 0) is 18.7 Å². The number of nitrogens with one attached hydrogen (secondary N) is 2. The van der Waals surface area contributed by atoms with Crippen molar-refractivity contribution in [2.45, 2.75) is 18.0 Å². The first kappa shape index (κ1) is 14.1. The Hall–Kier alpha value is -1.28. The monoisotopic (exact) mass is 297 g/mol. The lowest BCUT2D eigenvalue weighted by Crippen LogP contribution is -2.25. The first-order chi connectivity index (χ1) is 9.13. The van der Waals surface area contributed by atoms with Crippen LogP contribution in [0.4, 0.5) is 0 Å². The van der Waals surface area contributed by atoms with E-state index in [1.54, 1.807) is 31.4 Å². The van der Waals surface area contributed by atoms with Gasteiger partial charge in [0.2, 0.25) is 10.0 Å². The van der Waals surface area contributed by atoms with Gasteiger partial charge in [-0.2, -0.15) is 0 Å². The fourth-order valence-electron chi connectivity index (χ4n) is 1.68. The molecule has 2 N–H and O–H groups in total. The molecule has 0 spiro atoms. The smallest absolute Gasteiger partial charge is 0.241 e. The molecule has 0 fully saturated rings. The van der Waals surface area contributed by atoms with E-state index < -0.39 is 10.0 Å². The molecule has 0 saturated heterocycles. The normalized spacial score (nSPS) is 11.6. The first-order valence-electron chi connectivity index (χ1n) is 5.74. The molecule has 0 aliphatic heterocycles. The largest absolute Gasteiger partial charge is 0.316 e. The van der Waals surface area contributed by atoms with Crippen LogP contribution in [0.1, 0.15) is 10.6 Å². The van der Waals surface area contributed by atoms with E-state index in [2.05, 4.69) is 15.0 Å². The third kappa shape index (κ3) is 3.60. The van der Waals surface area contributed by atoms with Crippen molar-refractivity contribution in [3.63, 3.8) is 0 Å². The zero-order valence-electron chi connectivity index (χ0n) is 10.5. The fraction of sp³-hybridized carbons (Fsp3) is 0.250. The van der Waals surface area contributed by atoms with Crippen LogP contribution in [-0.4, -0.2) is 20.4 Å². The van der Waals surface area contributed by atoms with Gasteiger partial charge in [0.05, 0.1) is 11.4 Å². The molecule has 0 aliphatic carbocycles. The first-order valence-corrected chi connectivity index (χ1v) is 8.10. The summed E-state index contributed by atoms with van der Waals surface area (Å²) < 4.78 is 27.1. The summed E-state index contributed by atoms with van der Waals surface area (Å²) in [7, 11) is -1.73. The van der Waals surface area contributed by atoms with Crippen LogP contribution in [0.3, 0.4) is 0 Å². The standard InChI is InChI=1S/C12H15N3O2S2/c1-13-8-10-4-2-3-5-11(10)19(16,17)15-9-12-14-6-7-18-12/h2-7,13,15H,8-9H2,1H3. The summed E-state index contributed by atoms with van der Waals surface area (Å²) in [5, 5.41) is 5.53. The highest BCUT2D eigenvalue weighted by molar-refractivity contribution is 7.89. The Kier molecular flexibility index (Phi) is 4.65. The number of hydrogen-bond acceptors (Lipinski definition) is 5. The van der Waals surface area contributed by atoms with E-state index in [4.69, 9.17) is 0 Å². The quantitative estimate of drug-likeness (QED) is 0.844. The van der Waals surface area contributed by atoms with E-state index in [-0.39, 0.29) is 6.54 Å². The highest BCUT2D eigenvalue weighted by Gasteiger charge is 2.17. The van der Waals surface area contributed by atoms with Gasteiger partial charge in [0.25, 0.3) is 0 Å². The van der Waals surface area contributed by atoms with Gasteiger partial charge in [-0.15, -0.1) is 11.3 Å². The molecule has 2 aromatic rings. The summed E-state index contributed by atoms with van der Waals surface area (Å²) in [5.41, 5.74) is 0.747. The molecule has 5 nitrogen and oxygen atoms in total. The molecule has 0 unspecified atom stereocenters. The summed E-state index contributed by atoms with van der Waals surface area (Å²) in [4.78, 5) is 4.36. The molecular formula is C12H15N3O2S2. The predicted octanol–water partition coefficient (Wildman–Crippen LogP) is 1.34. The molecule has 19 heavy (non-hydrogen) atoms. The second-order valence-electron chi connectivity index (χ2n) is 3.89. The highest BCUT2D eigenvalue weighted by Crippen LogP contribution is 2.15. The Morgan fingerprint density at radius 2 is 2.05 bits per heavy atom. The number of sulfonamides is 1. The Morgan fingerprint density at radius 1 is 1.26 bits per heavy atom. The van der Waals surface area contributed by atoms with E-state index >= 15 is 0 Å². The lowest BCUT2D eigenvalue weighted by molar-refractivity contribution is 0.579. The van der Waals surface area contributed by atoms with Crippen molar-refractivity contribution in [2.24, 2.45) is 0 Å². The van der Waals surface area contributed by atoms with Crippen LogP contribution in [0.15, 0.2) is 40.7 Å². The molecular weight excluding hydrogens is 282 g/mol. The number of aromatic nitrogens is 1. The van der Waals surface area contributed by atoms with Crippen molar-refractivity contribution in [1.82, 2.24) is 15.0 Å². The van der Waals surface area contributed by atoms with Crippen molar-refractivity contribution in [1.29, 1.82) is 0 Å². The van der Waals surface area contributed by atoms with Gasteiger partial charge < -0.3 is 5.32 Å². The number of thiazole rings is 1. The van der Waals surface area contributed by atoms with Gasteiger partial charge in [-0.1, -0.05) is 18.2 Å². The lowest BCUT2D eigenvalue weighted by atomic mass is 10.2. The van der Waals surface area contributed by atoms with Gasteiger partial charge in [-0.3, -0.25) is 0 Å². The minimum absolute atomic E-state index is 0.216. The maximum atomic E-state index is 12.3. The van der Waals surface area contributed by atoms with Gasteiger partial charge in [0.1, 0.15) is 5.01 Å². The Bertz CT molecular complexity index is 624. The van der Waals surface area contributed by atoms with E-state index in [0.29, 0.717) is 11.4 Å². The number of rotatable bonds is 6. The summed E-state index contributed by atoms with van der Waals surface area (Å²) in [6.45, 7) is 0.724. The lowest BCUT2D eigenvalue weighted by Gasteiger charge is -2.10. The second-order valence-corrected chi connectivity index (χ2v) is 6.60. The average Bonchev–Trinajstić information content (AvgIpc) is 2.91. The van der Waals surface area contributed by atoms with Gasteiger partial charge in [0, 0.05) is 18.1 Å². The molecule has 0 amide bonds. The van der Waals surface area contributed by atoms with Crippen LogP contribution in [-0.2, 0) is 23.1 Å². The average molecular weight is 297 g/mol. The molecule has 102 valence electrons. The fourth-order valence-corrected chi connectivity index (χ4v) is 3.55. The van der Waals surface area contributed by atoms with Crippen LogP contribution in [0.2, 0.25) is 0 Å². The van der Waals surface area contributed by atoms with Gasteiger partial charge in [-0.25, -0.2) is 18.1 Å². The predicted molar refractivity (Wildman–Crippen MR) is 75.3 cm³/mol. The van der Waals surface area contributed by atoms with E-state index in [1.807, 2.05) is 11.4 Å². The van der Waals surface area contributed by atoms with Crippen LogP contribution in [0.5, 0.6) is 0 Å². The van der Waals surface area contributed by atoms with E-state index in [1.165, 1.54) is 11.3 Å². The zero-order chi connectivity index (χ0) is 13.7. The molecule has 1 aromatic heterocycles. The van der Waals surface area contributed by atoms with Crippen LogP contribution in [0.25, 0.3) is 0 Å². The number of hydrogen-bond donors (Lipinski definition) is 2. The van der Waals surface area contributed by atoms with Gasteiger partial charge in [0.15, 0.2) is 0 Å². The maximum Gasteiger partial charge on any atom is 0.241 e. The van der Waals surface area contributed by atoms with E-state index in [0.717, 1.165) is 10.6 Å².